The number of nitrogens with one attached hydrogen (secondary N) is 1. The summed E-state index contributed by atoms with van der Waals surface area (Å²) >= 11 is 3.25. The van der Waals surface area contributed by atoms with Crippen molar-refractivity contribution in [3.8, 4) is 0 Å². The van der Waals surface area contributed by atoms with Crippen molar-refractivity contribution in [2.75, 3.05) is 10.5 Å². The number of sulfonamides is 1. The minimum absolute atomic E-state index is 0.141. The average molecular weight is 356 g/mol. The van der Waals surface area contributed by atoms with Gasteiger partial charge in [0.05, 0.1) is 15.1 Å². The molecular formula is C13H14BrN3O2S. The molecule has 0 fully saturated rings. The molecule has 0 radical (unpaired) electrons. The molecule has 0 amide bonds. The molecule has 1 aromatic carbocycles. The van der Waals surface area contributed by atoms with E-state index in [9.17, 15) is 8.42 Å². The molecule has 1 aromatic heterocycles. The molecule has 3 N–H and O–H groups in total. The molecule has 0 atom stereocenters. The maximum absolute atomic E-state index is 12.4. The van der Waals surface area contributed by atoms with E-state index in [0.717, 1.165) is 11.1 Å². The first-order valence-corrected chi connectivity index (χ1v) is 8.08. The van der Waals surface area contributed by atoms with Gasteiger partial charge in [-0.2, -0.15) is 0 Å². The fourth-order valence-electron chi connectivity index (χ4n) is 1.67. The molecule has 0 spiro atoms. The minimum Gasteiger partial charge on any atom is -0.398 e. The smallest absolute Gasteiger partial charge is 0.262 e. The Balaban J connectivity index is 2.44. The molecule has 1 heterocycles. The molecule has 0 aliphatic heterocycles. The predicted octanol–water partition coefficient (Wildman–Crippen LogP) is 2.84. The summed E-state index contributed by atoms with van der Waals surface area (Å²) in [5.74, 6) is 0. The standard InChI is InChI=1S/C13H14BrN3O2S/c1-8-5-10(6-12(15)9(8)2)20(18,19)17-13-3-4-16-7-11(13)14/h3-7H,15H2,1-2H3,(H,16,17). The Kier molecular flexibility index (Phi) is 4.01. The van der Waals surface area contributed by atoms with E-state index in [2.05, 4.69) is 25.6 Å². The third kappa shape index (κ3) is 2.94. The number of pyridine rings is 1. The van der Waals surface area contributed by atoms with Crippen molar-refractivity contribution in [2.24, 2.45) is 0 Å². The predicted molar refractivity (Wildman–Crippen MR) is 83.1 cm³/mol. The number of hydrogen-bond acceptors (Lipinski definition) is 4. The van der Waals surface area contributed by atoms with Crippen LogP contribution in [0.2, 0.25) is 0 Å². The van der Waals surface area contributed by atoms with Crippen LogP contribution in [0.15, 0.2) is 40.0 Å². The molecule has 0 aliphatic carbocycles. The number of hydrogen-bond donors (Lipinski definition) is 2. The van der Waals surface area contributed by atoms with E-state index < -0.39 is 10.0 Å². The number of aryl methyl sites for hydroxylation is 1. The van der Waals surface area contributed by atoms with Gasteiger partial charge in [0.1, 0.15) is 0 Å². The zero-order valence-electron chi connectivity index (χ0n) is 11.0. The molecule has 0 saturated heterocycles. The van der Waals surface area contributed by atoms with E-state index in [1.165, 1.54) is 18.5 Å². The lowest BCUT2D eigenvalue weighted by atomic mass is 10.1. The monoisotopic (exact) mass is 355 g/mol. The second-order valence-electron chi connectivity index (χ2n) is 4.42. The number of nitrogens with two attached hydrogens (primary N) is 1. The molecule has 5 nitrogen and oxygen atoms in total. The van der Waals surface area contributed by atoms with Crippen molar-refractivity contribution in [3.05, 3.63) is 46.2 Å². The molecule has 7 heteroatoms. The van der Waals surface area contributed by atoms with Gasteiger partial charge in [-0.05, 0) is 59.1 Å². The lowest BCUT2D eigenvalue weighted by molar-refractivity contribution is 0.601. The highest BCUT2D eigenvalue weighted by Crippen LogP contribution is 2.26. The third-order valence-corrected chi connectivity index (χ3v) is 4.98. The van der Waals surface area contributed by atoms with Crippen molar-refractivity contribution in [1.82, 2.24) is 4.98 Å². The van der Waals surface area contributed by atoms with E-state index in [0.29, 0.717) is 15.8 Å². The second-order valence-corrected chi connectivity index (χ2v) is 6.95. The van der Waals surface area contributed by atoms with Crippen LogP contribution >= 0.6 is 15.9 Å². The fraction of sp³-hybridized carbons (Fsp3) is 0.154. The van der Waals surface area contributed by atoms with Crippen LogP contribution in [-0.2, 0) is 10.0 Å². The van der Waals surface area contributed by atoms with E-state index in [1.807, 2.05) is 13.8 Å². The van der Waals surface area contributed by atoms with Crippen molar-refractivity contribution in [1.29, 1.82) is 0 Å². The summed E-state index contributed by atoms with van der Waals surface area (Å²) in [4.78, 5) is 4.03. The Hall–Kier alpha value is -1.60. The lowest BCUT2D eigenvalue weighted by Gasteiger charge is -2.12. The van der Waals surface area contributed by atoms with Crippen LogP contribution in [0.5, 0.6) is 0 Å². The summed E-state index contributed by atoms with van der Waals surface area (Å²) in [6, 6.07) is 4.63. The van der Waals surface area contributed by atoms with Crippen molar-refractivity contribution >= 4 is 37.3 Å². The first kappa shape index (κ1) is 14.8. The number of nitrogen functional groups attached to an aromatic ring is 1. The van der Waals surface area contributed by atoms with Crippen LogP contribution in [0.25, 0.3) is 0 Å². The quantitative estimate of drug-likeness (QED) is 0.829. The summed E-state index contributed by atoms with van der Waals surface area (Å²) < 4.78 is 27.8. The highest BCUT2D eigenvalue weighted by atomic mass is 79.9. The van der Waals surface area contributed by atoms with Gasteiger partial charge in [0.15, 0.2) is 0 Å². The van der Waals surface area contributed by atoms with Gasteiger partial charge in [-0.25, -0.2) is 8.42 Å². The maximum Gasteiger partial charge on any atom is 0.262 e. The van der Waals surface area contributed by atoms with Gasteiger partial charge in [0, 0.05) is 18.1 Å². The summed E-state index contributed by atoms with van der Waals surface area (Å²) in [5, 5.41) is 0. The van der Waals surface area contributed by atoms with Crippen LogP contribution < -0.4 is 10.5 Å². The number of benzene rings is 1. The van der Waals surface area contributed by atoms with Gasteiger partial charge in [-0.1, -0.05) is 0 Å². The van der Waals surface area contributed by atoms with E-state index in [-0.39, 0.29) is 4.90 Å². The molecule has 0 bridgehead atoms. The van der Waals surface area contributed by atoms with Crippen molar-refractivity contribution in [2.45, 2.75) is 18.7 Å². The first-order valence-electron chi connectivity index (χ1n) is 5.80. The Morgan fingerprint density at radius 3 is 2.60 bits per heavy atom. The van der Waals surface area contributed by atoms with Gasteiger partial charge in [-0.15, -0.1) is 0 Å². The second kappa shape index (κ2) is 5.41. The first-order chi connectivity index (χ1) is 9.31. The van der Waals surface area contributed by atoms with Crippen LogP contribution in [0.4, 0.5) is 11.4 Å². The normalized spacial score (nSPS) is 11.3. The number of halogens is 1. The van der Waals surface area contributed by atoms with Gasteiger partial charge in [0.25, 0.3) is 10.0 Å². The van der Waals surface area contributed by atoms with E-state index in [4.69, 9.17) is 5.73 Å². The highest BCUT2D eigenvalue weighted by Gasteiger charge is 2.17. The summed E-state index contributed by atoms with van der Waals surface area (Å²) in [6.45, 7) is 3.68. The molecular weight excluding hydrogens is 342 g/mol. The Bertz CT molecular complexity index is 737. The Morgan fingerprint density at radius 1 is 1.30 bits per heavy atom. The number of nitrogens with zero attached hydrogens (tertiary/aromatic N) is 1. The third-order valence-electron chi connectivity index (χ3n) is 3.01. The van der Waals surface area contributed by atoms with Crippen LogP contribution in [0, 0.1) is 13.8 Å². The van der Waals surface area contributed by atoms with Gasteiger partial charge < -0.3 is 5.73 Å². The SMILES string of the molecule is Cc1cc(S(=O)(=O)Nc2ccncc2Br)cc(N)c1C. The van der Waals surface area contributed by atoms with Crippen molar-refractivity contribution < 1.29 is 8.42 Å². The van der Waals surface area contributed by atoms with Crippen LogP contribution in [-0.4, -0.2) is 13.4 Å². The number of rotatable bonds is 3. The maximum atomic E-state index is 12.4. The minimum atomic E-state index is -3.69. The van der Waals surface area contributed by atoms with Crippen LogP contribution in [0.3, 0.4) is 0 Å². The summed E-state index contributed by atoms with van der Waals surface area (Å²) in [7, 11) is -3.69. The van der Waals surface area contributed by atoms with Crippen LogP contribution in [0.1, 0.15) is 11.1 Å². The molecule has 0 unspecified atom stereocenters. The fourth-order valence-corrected chi connectivity index (χ4v) is 3.35. The number of anilines is 2. The highest BCUT2D eigenvalue weighted by molar-refractivity contribution is 9.10. The molecule has 106 valence electrons. The zero-order valence-corrected chi connectivity index (χ0v) is 13.4. The van der Waals surface area contributed by atoms with Gasteiger partial charge in [-0.3, -0.25) is 9.71 Å². The molecule has 2 rings (SSSR count). The lowest BCUT2D eigenvalue weighted by Crippen LogP contribution is -2.14. The largest absolute Gasteiger partial charge is 0.398 e. The Labute approximate surface area is 126 Å². The van der Waals surface area contributed by atoms with Gasteiger partial charge in [0.2, 0.25) is 0 Å². The molecule has 0 aliphatic rings. The summed E-state index contributed by atoms with van der Waals surface area (Å²) in [6.07, 6.45) is 3.03. The Morgan fingerprint density at radius 2 is 2.00 bits per heavy atom. The topological polar surface area (TPSA) is 85.1 Å². The molecule has 2 aromatic rings. The molecule has 0 saturated carbocycles. The van der Waals surface area contributed by atoms with Crippen molar-refractivity contribution in [3.63, 3.8) is 0 Å². The van der Waals surface area contributed by atoms with Gasteiger partial charge >= 0.3 is 0 Å². The van der Waals surface area contributed by atoms with E-state index >= 15 is 0 Å². The zero-order chi connectivity index (χ0) is 14.9. The number of aromatic nitrogens is 1. The van der Waals surface area contributed by atoms with E-state index in [1.54, 1.807) is 12.1 Å². The average Bonchev–Trinajstić information content (AvgIpc) is 2.38. The molecule has 20 heavy (non-hydrogen) atoms. The summed E-state index contributed by atoms with van der Waals surface area (Å²) in [5.41, 5.74) is 8.43.